The SMILES string of the molecule is [CH2]C1C(C)(C)OC1(C)C. The minimum absolute atomic E-state index is 0.00347. The zero-order valence-electron chi connectivity index (χ0n) is 6.69. The fourth-order valence-electron chi connectivity index (χ4n) is 1.60. The maximum Gasteiger partial charge on any atom is 0.0689 e. The van der Waals surface area contributed by atoms with Crippen LogP contribution in [0.5, 0.6) is 0 Å². The molecule has 0 amide bonds. The largest absolute Gasteiger partial charge is 0.369 e. The molecule has 1 heteroatoms. The summed E-state index contributed by atoms with van der Waals surface area (Å²) >= 11 is 0. The van der Waals surface area contributed by atoms with Gasteiger partial charge in [-0.15, -0.1) is 0 Å². The van der Waals surface area contributed by atoms with Gasteiger partial charge in [-0.25, -0.2) is 0 Å². The van der Waals surface area contributed by atoms with E-state index in [0.29, 0.717) is 5.92 Å². The zero-order valence-corrected chi connectivity index (χ0v) is 6.69. The lowest BCUT2D eigenvalue weighted by atomic mass is 9.73. The molecule has 0 unspecified atom stereocenters. The van der Waals surface area contributed by atoms with E-state index in [1.54, 1.807) is 0 Å². The number of hydrogen-bond donors (Lipinski definition) is 0. The Morgan fingerprint density at radius 1 is 1.11 bits per heavy atom. The van der Waals surface area contributed by atoms with Gasteiger partial charge >= 0.3 is 0 Å². The van der Waals surface area contributed by atoms with Crippen LogP contribution in [0.15, 0.2) is 0 Å². The van der Waals surface area contributed by atoms with E-state index >= 15 is 0 Å². The van der Waals surface area contributed by atoms with Crippen LogP contribution >= 0.6 is 0 Å². The topological polar surface area (TPSA) is 9.23 Å². The van der Waals surface area contributed by atoms with E-state index in [1.165, 1.54) is 0 Å². The third kappa shape index (κ3) is 0.877. The first-order chi connectivity index (χ1) is 3.86. The maximum atomic E-state index is 5.56. The van der Waals surface area contributed by atoms with Gasteiger partial charge in [0.15, 0.2) is 0 Å². The highest BCUT2D eigenvalue weighted by atomic mass is 16.6. The van der Waals surface area contributed by atoms with Crippen LogP contribution in [0, 0.1) is 12.8 Å². The molecule has 53 valence electrons. The average molecular weight is 127 g/mol. The smallest absolute Gasteiger partial charge is 0.0689 e. The van der Waals surface area contributed by atoms with E-state index in [-0.39, 0.29) is 11.2 Å². The van der Waals surface area contributed by atoms with Crippen molar-refractivity contribution in [2.24, 2.45) is 5.92 Å². The van der Waals surface area contributed by atoms with E-state index in [0.717, 1.165) is 0 Å². The third-order valence-electron chi connectivity index (χ3n) is 2.20. The Kier molecular flexibility index (Phi) is 1.19. The molecule has 1 aliphatic rings. The molecule has 0 saturated carbocycles. The summed E-state index contributed by atoms with van der Waals surface area (Å²) in [4.78, 5) is 0. The molecule has 0 spiro atoms. The van der Waals surface area contributed by atoms with Crippen molar-refractivity contribution in [3.63, 3.8) is 0 Å². The molecule has 1 heterocycles. The Labute approximate surface area is 57.4 Å². The molecular weight excluding hydrogens is 112 g/mol. The Morgan fingerprint density at radius 3 is 1.44 bits per heavy atom. The van der Waals surface area contributed by atoms with Crippen LogP contribution in [0.4, 0.5) is 0 Å². The lowest BCUT2D eigenvalue weighted by Crippen LogP contribution is -2.61. The highest BCUT2D eigenvalue weighted by Gasteiger charge is 2.51. The fraction of sp³-hybridized carbons (Fsp3) is 0.875. The minimum Gasteiger partial charge on any atom is -0.369 e. The monoisotopic (exact) mass is 127 g/mol. The predicted octanol–water partition coefficient (Wildman–Crippen LogP) is 2.02. The van der Waals surface area contributed by atoms with Gasteiger partial charge in [0.2, 0.25) is 0 Å². The predicted molar refractivity (Wildman–Crippen MR) is 38.1 cm³/mol. The van der Waals surface area contributed by atoms with Crippen molar-refractivity contribution in [1.29, 1.82) is 0 Å². The molecule has 0 bridgehead atoms. The quantitative estimate of drug-likeness (QED) is 0.483. The standard InChI is InChI=1S/C8H15O/c1-6-7(2,3)9-8(6,4)5/h6H,1H2,2-5H3. The van der Waals surface area contributed by atoms with Crippen LogP contribution in [0.1, 0.15) is 27.7 Å². The lowest BCUT2D eigenvalue weighted by Gasteiger charge is -2.56. The highest BCUT2D eigenvalue weighted by Crippen LogP contribution is 2.45. The minimum atomic E-state index is 0.00347. The van der Waals surface area contributed by atoms with E-state index in [4.69, 9.17) is 4.74 Å². The summed E-state index contributed by atoms with van der Waals surface area (Å²) in [7, 11) is 0. The first-order valence-corrected chi connectivity index (χ1v) is 3.39. The molecule has 0 aromatic heterocycles. The van der Waals surface area contributed by atoms with E-state index in [9.17, 15) is 0 Å². The van der Waals surface area contributed by atoms with Crippen LogP contribution in [0.2, 0.25) is 0 Å². The van der Waals surface area contributed by atoms with Gasteiger partial charge in [0.05, 0.1) is 11.2 Å². The van der Waals surface area contributed by atoms with Crippen molar-refractivity contribution in [3.05, 3.63) is 6.92 Å². The van der Waals surface area contributed by atoms with Gasteiger partial charge in [0, 0.05) is 5.92 Å². The summed E-state index contributed by atoms with van der Waals surface area (Å²) in [5.41, 5.74) is 0.00694. The van der Waals surface area contributed by atoms with E-state index in [1.807, 2.05) is 0 Å². The van der Waals surface area contributed by atoms with Crippen molar-refractivity contribution in [3.8, 4) is 0 Å². The molecule has 0 N–H and O–H groups in total. The van der Waals surface area contributed by atoms with Crippen LogP contribution < -0.4 is 0 Å². The summed E-state index contributed by atoms with van der Waals surface area (Å²) in [5.74, 6) is 0.421. The van der Waals surface area contributed by atoms with Crippen molar-refractivity contribution >= 4 is 0 Å². The van der Waals surface area contributed by atoms with E-state index < -0.39 is 0 Å². The van der Waals surface area contributed by atoms with Crippen LogP contribution in [-0.4, -0.2) is 11.2 Å². The summed E-state index contributed by atoms with van der Waals surface area (Å²) < 4.78 is 5.56. The van der Waals surface area contributed by atoms with Crippen LogP contribution in [0.3, 0.4) is 0 Å². The Balaban J connectivity index is 2.62. The van der Waals surface area contributed by atoms with Gasteiger partial charge < -0.3 is 4.74 Å². The van der Waals surface area contributed by atoms with Crippen molar-refractivity contribution in [2.45, 2.75) is 38.9 Å². The van der Waals surface area contributed by atoms with Gasteiger partial charge in [0.25, 0.3) is 0 Å². The molecule has 0 atom stereocenters. The lowest BCUT2D eigenvalue weighted by molar-refractivity contribution is -0.277. The van der Waals surface area contributed by atoms with Gasteiger partial charge in [-0.3, -0.25) is 0 Å². The molecule has 1 rings (SSSR count). The number of ether oxygens (including phenoxy) is 1. The molecule has 1 saturated heterocycles. The molecule has 1 fully saturated rings. The number of hydrogen-bond acceptors (Lipinski definition) is 1. The molecule has 0 aromatic rings. The molecule has 1 radical (unpaired) electrons. The van der Waals surface area contributed by atoms with Crippen molar-refractivity contribution in [1.82, 2.24) is 0 Å². The van der Waals surface area contributed by atoms with Gasteiger partial charge in [-0.05, 0) is 34.6 Å². The highest BCUT2D eigenvalue weighted by molar-refractivity contribution is 5.03. The van der Waals surface area contributed by atoms with Crippen molar-refractivity contribution < 1.29 is 4.74 Å². The molecule has 1 nitrogen and oxygen atoms in total. The second kappa shape index (κ2) is 1.51. The fourth-order valence-corrected chi connectivity index (χ4v) is 1.60. The maximum absolute atomic E-state index is 5.56. The Bertz CT molecular complexity index is 111. The Morgan fingerprint density at radius 2 is 1.44 bits per heavy atom. The van der Waals surface area contributed by atoms with Crippen LogP contribution in [0.25, 0.3) is 0 Å². The van der Waals surface area contributed by atoms with Gasteiger partial charge in [-0.1, -0.05) is 0 Å². The summed E-state index contributed by atoms with van der Waals surface area (Å²) in [6.07, 6.45) is 0. The van der Waals surface area contributed by atoms with E-state index in [2.05, 4.69) is 34.6 Å². The second-order valence-corrected chi connectivity index (χ2v) is 3.86. The Hall–Kier alpha value is -0.0400. The summed E-state index contributed by atoms with van der Waals surface area (Å²) in [5, 5.41) is 0. The first-order valence-electron chi connectivity index (χ1n) is 3.39. The van der Waals surface area contributed by atoms with Crippen LogP contribution in [-0.2, 0) is 4.74 Å². The number of rotatable bonds is 0. The molecule has 9 heavy (non-hydrogen) atoms. The summed E-state index contributed by atoms with van der Waals surface area (Å²) in [6.45, 7) is 12.3. The molecule has 0 aromatic carbocycles. The molecular formula is C8H15O. The molecule has 0 aliphatic carbocycles. The van der Waals surface area contributed by atoms with Gasteiger partial charge in [0.1, 0.15) is 0 Å². The second-order valence-electron chi connectivity index (χ2n) is 3.86. The zero-order chi connectivity index (χ0) is 7.28. The van der Waals surface area contributed by atoms with Crippen molar-refractivity contribution in [2.75, 3.05) is 0 Å². The first kappa shape index (κ1) is 7.07. The molecule has 1 aliphatic heterocycles. The summed E-state index contributed by atoms with van der Waals surface area (Å²) in [6, 6.07) is 0. The van der Waals surface area contributed by atoms with Gasteiger partial charge in [-0.2, -0.15) is 0 Å². The third-order valence-corrected chi connectivity index (χ3v) is 2.20. The normalized spacial score (nSPS) is 31.7. The average Bonchev–Trinajstić information content (AvgIpc) is 1.63.